The van der Waals surface area contributed by atoms with Crippen molar-refractivity contribution in [2.75, 3.05) is 0 Å². The minimum atomic E-state index is -0.273. The molecule has 1 atom stereocenters. The van der Waals surface area contributed by atoms with E-state index in [2.05, 4.69) is 5.32 Å². The molecule has 0 saturated heterocycles. The highest BCUT2D eigenvalue weighted by molar-refractivity contribution is 7.10. The molecule has 4 heteroatoms. The Balaban J connectivity index is 2.30. The minimum Gasteiger partial charge on any atom is -0.344 e. The second-order valence-electron chi connectivity index (χ2n) is 3.92. The molecule has 0 saturated carbocycles. The maximum absolute atomic E-state index is 12.9. The quantitative estimate of drug-likeness (QED) is 0.898. The molecule has 0 aliphatic carbocycles. The van der Waals surface area contributed by atoms with Crippen LogP contribution >= 0.6 is 11.3 Å². The monoisotopic (exact) mass is 263 g/mol. The van der Waals surface area contributed by atoms with Crippen molar-refractivity contribution >= 4 is 17.2 Å². The van der Waals surface area contributed by atoms with Crippen LogP contribution in [0.5, 0.6) is 0 Å². The van der Waals surface area contributed by atoms with Crippen molar-refractivity contribution < 1.29 is 9.18 Å². The molecular formula is C14H14FNOS. The van der Waals surface area contributed by atoms with Crippen LogP contribution in [-0.2, 0) is 4.79 Å². The maximum atomic E-state index is 12.9. The molecule has 1 heterocycles. The van der Waals surface area contributed by atoms with Gasteiger partial charge in [0.25, 0.3) is 0 Å². The summed E-state index contributed by atoms with van der Waals surface area (Å²) in [5.74, 6) is -0.289. The molecule has 1 N–H and O–H groups in total. The predicted molar refractivity (Wildman–Crippen MR) is 71.0 cm³/mol. The van der Waals surface area contributed by atoms with E-state index in [9.17, 15) is 9.18 Å². The molecule has 0 spiro atoms. The number of nitrogens with one attached hydrogen (secondary N) is 1. The molecule has 18 heavy (non-hydrogen) atoms. The lowest BCUT2D eigenvalue weighted by molar-refractivity contribution is -0.121. The van der Waals surface area contributed by atoms with Gasteiger partial charge in [-0.1, -0.05) is 25.1 Å². The lowest BCUT2D eigenvalue weighted by Gasteiger charge is -2.17. The number of benzene rings is 1. The van der Waals surface area contributed by atoms with E-state index >= 15 is 0 Å². The Morgan fingerprint density at radius 3 is 2.61 bits per heavy atom. The average molecular weight is 263 g/mol. The van der Waals surface area contributed by atoms with E-state index in [4.69, 9.17) is 0 Å². The van der Waals surface area contributed by atoms with Crippen LogP contribution in [-0.4, -0.2) is 5.91 Å². The van der Waals surface area contributed by atoms with Crippen LogP contribution < -0.4 is 5.32 Å². The van der Waals surface area contributed by atoms with Gasteiger partial charge in [-0.15, -0.1) is 11.3 Å². The highest BCUT2D eigenvalue weighted by atomic mass is 32.1. The van der Waals surface area contributed by atoms with Crippen molar-refractivity contribution in [2.24, 2.45) is 0 Å². The van der Waals surface area contributed by atoms with Crippen LogP contribution in [0.2, 0.25) is 0 Å². The fourth-order valence-corrected chi connectivity index (χ4v) is 2.50. The van der Waals surface area contributed by atoms with Gasteiger partial charge in [0, 0.05) is 11.3 Å². The summed E-state index contributed by atoms with van der Waals surface area (Å²) in [4.78, 5) is 12.6. The smallest absolute Gasteiger partial charge is 0.220 e. The van der Waals surface area contributed by atoms with Gasteiger partial charge in [0.1, 0.15) is 5.82 Å². The fourth-order valence-electron chi connectivity index (χ4n) is 1.69. The van der Waals surface area contributed by atoms with Gasteiger partial charge < -0.3 is 5.32 Å². The third-order valence-electron chi connectivity index (χ3n) is 2.66. The Hall–Kier alpha value is -1.68. The number of amides is 1. The third-order valence-corrected chi connectivity index (χ3v) is 3.59. The molecule has 0 radical (unpaired) electrons. The number of rotatable bonds is 4. The van der Waals surface area contributed by atoms with Crippen LogP contribution in [0.25, 0.3) is 0 Å². The summed E-state index contributed by atoms with van der Waals surface area (Å²) in [6.07, 6.45) is 0.434. The van der Waals surface area contributed by atoms with Gasteiger partial charge in [-0.3, -0.25) is 4.79 Å². The fraction of sp³-hybridized carbons (Fsp3) is 0.214. The second kappa shape index (κ2) is 5.78. The SMILES string of the molecule is CCC(=O)N[C@H](c1ccc(F)cc1)c1cccs1. The van der Waals surface area contributed by atoms with E-state index in [1.165, 1.54) is 12.1 Å². The highest BCUT2D eigenvalue weighted by Gasteiger charge is 2.16. The number of hydrogen-bond acceptors (Lipinski definition) is 2. The zero-order valence-electron chi connectivity index (χ0n) is 10.0. The Bertz CT molecular complexity index is 507. The molecule has 2 nitrogen and oxygen atoms in total. The summed E-state index contributed by atoms with van der Waals surface area (Å²) in [7, 11) is 0. The molecule has 0 aliphatic heterocycles. The zero-order valence-corrected chi connectivity index (χ0v) is 10.8. The first-order valence-corrected chi connectivity index (χ1v) is 6.67. The molecule has 1 aromatic heterocycles. The molecule has 2 rings (SSSR count). The summed E-state index contributed by atoms with van der Waals surface area (Å²) in [5.41, 5.74) is 0.889. The molecule has 2 aromatic rings. The van der Waals surface area contributed by atoms with Gasteiger partial charge >= 0.3 is 0 Å². The first-order chi connectivity index (χ1) is 8.70. The van der Waals surface area contributed by atoms with Crippen LogP contribution in [0, 0.1) is 5.82 Å². The van der Waals surface area contributed by atoms with Gasteiger partial charge in [-0.2, -0.15) is 0 Å². The number of carbonyl (C=O) groups is 1. The van der Waals surface area contributed by atoms with E-state index in [-0.39, 0.29) is 17.8 Å². The van der Waals surface area contributed by atoms with Crippen LogP contribution in [0.3, 0.4) is 0 Å². The molecular weight excluding hydrogens is 249 g/mol. The zero-order chi connectivity index (χ0) is 13.0. The standard InChI is InChI=1S/C14H14FNOS/c1-2-13(17)16-14(12-4-3-9-18-12)10-5-7-11(15)8-6-10/h3-9,14H,2H2,1H3,(H,16,17)/t14-/m1/s1. The Morgan fingerprint density at radius 1 is 1.33 bits per heavy atom. The van der Waals surface area contributed by atoms with Gasteiger partial charge in [0.15, 0.2) is 0 Å². The normalized spacial score (nSPS) is 12.1. The molecule has 0 unspecified atom stereocenters. The molecule has 94 valence electrons. The Kier molecular flexibility index (Phi) is 4.10. The van der Waals surface area contributed by atoms with Gasteiger partial charge in [0.05, 0.1) is 6.04 Å². The summed E-state index contributed by atoms with van der Waals surface area (Å²) in [5, 5.41) is 4.92. The topological polar surface area (TPSA) is 29.1 Å². The number of carbonyl (C=O) groups excluding carboxylic acids is 1. The summed E-state index contributed by atoms with van der Waals surface area (Å²) < 4.78 is 12.9. The third kappa shape index (κ3) is 2.96. The van der Waals surface area contributed by atoms with Crippen LogP contribution in [0.4, 0.5) is 4.39 Å². The number of hydrogen-bond donors (Lipinski definition) is 1. The largest absolute Gasteiger partial charge is 0.344 e. The molecule has 1 aromatic carbocycles. The van der Waals surface area contributed by atoms with Gasteiger partial charge in [0.2, 0.25) is 5.91 Å². The van der Waals surface area contributed by atoms with Crippen molar-refractivity contribution in [1.82, 2.24) is 5.32 Å². The first kappa shape index (κ1) is 12.8. The number of thiophene rings is 1. The lowest BCUT2D eigenvalue weighted by Crippen LogP contribution is -2.27. The first-order valence-electron chi connectivity index (χ1n) is 5.79. The molecule has 0 aliphatic rings. The van der Waals surface area contributed by atoms with Crippen LogP contribution in [0.1, 0.15) is 29.8 Å². The Labute approximate surface area is 109 Å². The van der Waals surface area contributed by atoms with E-state index in [0.717, 1.165) is 10.4 Å². The van der Waals surface area contributed by atoms with Crippen LogP contribution in [0.15, 0.2) is 41.8 Å². The van der Waals surface area contributed by atoms with Crippen molar-refractivity contribution in [3.63, 3.8) is 0 Å². The predicted octanol–water partition coefficient (Wildman–Crippen LogP) is 3.50. The van der Waals surface area contributed by atoms with E-state index in [0.29, 0.717) is 6.42 Å². The van der Waals surface area contributed by atoms with E-state index < -0.39 is 0 Å². The van der Waals surface area contributed by atoms with Crippen molar-refractivity contribution in [2.45, 2.75) is 19.4 Å². The Morgan fingerprint density at radius 2 is 2.06 bits per heavy atom. The van der Waals surface area contributed by atoms with Gasteiger partial charge in [-0.05, 0) is 29.1 Å². The number of halogens is 1. The van der Waals surface area contributed by atoms with Gasteiger partial charge in [-0.25, -0.2) is 4.39 Å². The van der Waals surface area contributed by atoms with E-state index in [1.807, 2.05) is 24.4 Å². The molecule has 1 amide bonds. The lowest BCUT2D eigenvalue weighted by atomic mass is 10.1. The maximum Gasteiger partial charge on any atom is 0.220 e. The molecule has 0 fully saturated rings. The second-order valence-corrected chi connectivity index (χ2v) is 4.90. The minimum absolute atomic E-state index is 0.0160. The molecule has 0 bridgehead atoms. The van der Waals surface area contributed by atoms with Crippen molar-refractivity contribution in [3.05, 3.63) is 58.0 Å². The summed E-state index contributed by atoms with van der Waals surface area (Å²) in [6.45, 7) is 1.81. The van der Waals surface area contributed by atoms with E-state index in [1.54, 1.807) is 23.5 Å². The van der Waals surface area contributed by atoms with Crippen molar-refractivity contribution in [1.29, 1.82) is 0 Å². The highest BCUT2D eigenvalue weighted by Crippen LogP contribution is 2.26. The summed E-state index contributed by atoms with van der Waals surface area (Å²) >= 11 is 1.57. The average Bonchev–Trinajstić information content (AvgIpc) is 2.90. The van der Waals surface area contributed by atoms with Crippen molar-refractivity contribution in [3.8, 4) is 0 Å². The summed E-state index contributed by atoms with van der Waals surface area (Å²) in [6, 6.07) is 9.94.